The SMILES string of the molecule is CC.CC.CC.CCC.CCC.Cc1ccc(-c2ccc(Cc3ccc4c(c3)C(C)(C)c3ccccc3-4)cc2)cc1.Cc1ccc(-c2ccccc2)cc1.Cc1ccccc1-c1ccccc1C. The molecule has 68 heavy (non-hydrogen) atoms. The second kappa shape index (κ2) is 31.7. The summed E-state index contributed by atoms with van der Waals surface area (Å²) >= 11 is 0. The minimum atomic E-state index is 0.0667. The molecule has 0 atom stereocenters. The van der Waals surface area contributed by atoms with Crippen LogP contribution in [0, 0.1) is 27.7 Å². The first kappa shape index (κ1) is 57.9. The first-order chi connectivity index (χ1) is 33.0. The molecule has 0 N–H and O–H groups in total. The summed E-state index contributed by atoms with van der Waals surface area (Å²) in [5.74, 6) is 0. The third-order valence-electron chi connectivity index (χ3n) is 11.1. The van der Waals surface area contributed by atoms with Gasteiger partial charge in [-0.2, -0.15) is 0 Å². The molecular formula is C68H86. The molecule has 0 aliphatic heterocycles. The fourth-order valence-corrected chi connectivity index (χ4v) is 7.78. The van der Waals surface area contributed by atoms with Crippen LogP contribution < -0.4 is 0 Å². The molecule has 8 aromatic rings. The molecule has 0 nitrogen and oxygen atoms in total. The maximum Gasteiger partial charge on any atom is 0.0158 e. The molecule has 0 heterocycles. The van der Waals surface area contributed by atoms with Crippen molar-refractivity contribution in [2.45, 2.75) is 135 Å². The maximum atomic E-state index is 2.42. The van der Waals surface area contributed by atoms with E-state index in [4.69, 9.17) is 0 Å². The standard InChI is InChI=1S/C29H26.C14H14.C13H12.2C3H8.3C2H6/c1-20-8-13-23(14-9-20)24-15-10-21(11-16-24)18-22-12-17-26-25-6-4-5-7-27(25)29(2,3)28(26)19-22;1-11-7-3-5-9-13(11)14-10-6-4-8-12(14)2;1-11-7-9-13(10-8-11)12-5-3-2-4-6-12;2*1-3-2;3*1-2/h4-17,19H,18H2,1-3H3;3-10H,1-2H3;2-10H,1H3;2*3H2,1-2H3;3*1-2H3. The molecule has 8 aromatic carbocycles. The van der Waals surface area contributed by atoms with E-state index < -0.39 is 0 Å². The lowest BCUT2D eigenvalue weighted by atomic mass is 9.81. The summed E-state index contributed by atoms with van der Waals surface area (Å²) in [6, 6.07) is 69.7. The monoisotopic (exact) mass is 903 g/mol. The molecule has 0 heteroatoms. The van der Waals surface area contributed by atoms with Gasteiger partial charge in [0.05, 0.1) is 0 Å². The van der Waals surface area contributed by atoms with Gasteiger partial charge in [-0.05, 0) is 112 Å². The largest absolute Gasteiger partial charge is 0.0683 e. The number of hydrogen-bond acceptors (Lipinski definition) is 0. The molecule has 9 rings (SSSR count). The summed E-state index contributed by atoms with van der Waals surface area (Å²) in [4.78, 5) is 0. The Labute approximate surface area is 416 Å². The van der Waals surface area contributed by atoms with Crippen LogP contribution >= 0.6 is 0 Å². The van der Waals surface area contributed by atoms with E-state index in [9.17, 15) is 0 Å². The van der Waals surface area contributed by atoms with Crippen LogP contribution in [0.5, 0.6) is 0 Å². The number of aryl methyl sites for hydroxylation is 4. The molecule has 358 valence electrons. The number of hydrogen-bond donors (Lipinski definition) is 0. The number of benzene rings is 8. The van der Waals surface area contributed by atoms with Crippen LogP contribution in [0.25, 0.3) is 44.5 Å². The van der Waals surface area contributed by atoms with Crippen molar-refractivity contribution in [2.24, 2.45) is 0 Å². The van der Waals surface area contributed by atoms with Crippen molar-refractivity contribution in [3.05, 3.63) is 239 Å². The zero-order chi connectivity index (χ0) is 50.5. The summed E-state index contributed by atoms with van der Waals surface area (Å²) in [7, 11) is 0. The first-order valence-corrected chi connectivity index (χ1v) is 25.6. The van der Waals surface area contributed by atoms with E-state index in [1.165, 1.54) is 102 Å². The first-order valence-electron chi connectivity index (χ1n) is 25.6. The third-order valence-corrected chi connectivity index (χ3v) is 11.1. The van der Waals surface area contributed by atoms with Gasteiger partial charge in [0.25, 0.3) is 0 Å². The lowest BCUT2D eigenvalue weighted by Crippen LogP contribution is -2.15. The lowest BCUT2D eigenvalue weighted by Gasteiger charge is -2.22. The Morgan fingerprint density at radius 2 is 0.632 bits per heavy atom. The van der Waals surface area contributed by atoms with Crippen molar-refractivity contribution in [3.63, 3.8) is 0 Å². The van der Waals surface area contributed by atoms with Gasteiger partial charge in [-0.15, -0.1) is 0 Å². The van der Waals surface area contributed by atoms with Gasteiger partial charge in [0.1, 0.15) is 0 Å². The Bertz CT molecular complexity index is 2510. The second-order valence-corrected chi connectivity index (χ2v) is 17.1. The molecule has 0 saturated heterocycles. The summed E-state index contributed by atoms with van der Waals surface area (Å²) in [6.45, 7) is 33.7. The second-order valence-electron chi connectivity index (χ2n) is 17.1. The van der Waals surface area contributed by atoms with Gasteiger partial charge in [-0.25, -0.2) is 0 Å². The molecule has 0 aromatic heterocycles. The zero-order valence-corrected chi connectivity index (χ0v) is 45.1. The van der Waals surface area contributed by atoms with Crippen molar-refractivity contribution in [3.8, 4) is 44.5 Å². The lowest BCUT2D eigenvalue weighted by molar-refractivity contribution is 0.659. The van der Waals surface area contributed by atoms with Gasteiger partial charge in [0.15, 0.2) is 0 Å². The van der Waals surface area contributed by atoms with Gasteiger partial charge in [0.2, 0.25) is 0 Å². The van der Waals surface area contributed by atoms with Crippen LogP contribution in [0.3, 0.4) is 0 Å². The molecule has 0 amide bonds. The molecule has 1 aliphatic carbocycles. The molecule has 0 spiro atoms. The van der Waals surface area contributed by atoms with Crippen molar-refractivity contribution in [2.75, 3.05) is 0 Å². The van der Waals surface area contributed by atoms with E-state index >= 15 is 0 Å². The summed E-state index contributed by atoms with van der Waals surface area (Å²) in [5.41, 5.74) is 21.5. The highest BCUT2D eigenvalue weighted by molar-refractivity contribution is 5.81. The highest BCUT2D eigenvalue weighted by Gasteiger charge is 2.35. The van der Waals surface area contributed by atoms with E-state index in [1.54, 1.807) is 0 Å². The third kappa shape index (κ3) is 17.1. The zero-order valence-electron chi connectivity index (χ0n) is 45.1. The Hall–Kier alpha value is -6.24. The molecule has 0 fully saturated rings. The molecule has 1 aliphatic rings. The number of rotatable bonds is 5. The van der Waals surface area contributed by atoms with Gasteiger partial charge in [-0.1, -0.05) is 301 Å². The van der Waals surface area contributed by atoms with Crippen LogP contribution in [0.15, 0.2) is 194 Å². The fraction of sp³-hybridized carbons (Fsp3) is 0.294. The van der Waals surface area contributed by atoms with E-state index in [-0.39, 0.29) is 5.41 Å². The van der Waals surface area contributed by atoms with Crippen LogP contribution in [0.1, 0.15) is 140 Å². The number of fused-ring (bicyclic) bond motifs is 3. The van der Waals surface area contributed by atoms with Crippen molar-refractivity contribution in [1.29, 1.82) is 0 Å². The van der Waals surface area contributed by atoms with E-state index in [2.05, 4.69) is 257 Å². The normalized spacial score (nSPS) is 10.6. The molecule has 0 saturated carbocycles. The quantitative estimate of drug-likeness (QED) is 0.161. The highest BCUT2D eigenvalue weighted by atomic mass is 14.4. The van der Waals surface area contributed by atoms with Gasteiger partial charge >= 0.3 is 0 Å². The minimum absolute atomic E-state index is 0.0667. The predicted molar refractivity (Wildman–Crippen MR) is 307 cm³/mol. The van der Waals surface area contributed by atoms with Crippen LogP contribution in [-0.2, 0) is 11.8 Å². The summed E-state index contributed by atoms with van der Waals surface area (Å²) in [5, 5.41) is 0. The minimum Gasteiger partial charge on any atom is -0.0683 e. The van der Waals surface area contributed by atoms with Crippen molar-refractivity contribution >= 4 is 0 Å². The smallest absolute Gasteiger partial charge is 0.0158 e. The maximum absolute atomic E-state index is 2.42. The van der Waals surface area contributed by atoms with E-state index in [0.717, 1.165) is 6.42 Å². The van der Waals surface area contributed by atoms with Crippen LogP contribution in [0.4, 0.5) is 0 Å². The summed E-state index contributed by atoms with van der Waals surface area (Å²) < 4.78 is 0. The van der Waals surface area contributed by atoms with Gasteiger partial charge in [0, 0.05) is 5.41 Å². The van der Waals surface area contributed by atoms with Crippen molar-refractivity contribution in [1.82, 2.24) is 0 Å². The Morgan fingerprint density at radius 1 is 0.309 bits per heavy atom. The van der Waals surface area contributed by atoms with Crippen LogP contribution in [-0.4, -0.2) is 0 Å². The average Bonchev–Trinajstić information content (AvgIpc) is 3.60. The topological polar surface area (TPSA) is 0 Å². The van der Waals surface area contributed by atoms with Crippen molar-refractivity contribution < 1.29 is 0 Å². The average molecular weight is 903 g/mol. The van der Waals surface area contributed by atoms with E-state index in [0.29, 0.717) is 0 Å². The van der Waals surface area contributed by atoms with Gasteiger partial charge in [-0.3, -0.25) is 0 Å². The Kier molecular flexibility index (Phi) is 27.0. The highest BCUT2D eigenvalue weighted by Crippen LogP contribution is 2.48. The Morgan fingerprint density at radius 3 is 1.06 bits per heavy atom. The van der Waals surface area contributed by atoms with Crippen LogP contribution in [0.2, 0.25) is 0 Å². The Balaban J connectivity index is 0.000000342. The molecule has 0 radical (unpaired) electrons. The van der Waals surface area contributed by atoms with E-state index in [1.807, 2.05) is 47.6 Å². The molecule has 0 bridgehead atoms. The molecular weight excluding hydrogens is 817 g/mol. The predicted octanol–water partition coefficient (Wildman–Crippen LogP) is 21.1. The molecule has 0 unspecified atom stereocenters. The summed E-state index contributed by atoms with van der Waals surface area (Å²) in [6.07, 6.45) is 3.47. The van der Waals surface area contributed by atoms with Gasteiger partial charge < -0.3 is 0 Å². The fourth-order valence-electron chi connectivity index (χ4n) is 7.78.